The van der Waals surface area contributed by atoms with Crippen LogP contribution in [0.3, 0.4) is 0 Å². The van der Waals surface area contributed by atoms with Gasteiger partial charge in [-0.25, -0.2) is 13.5 Å². The summed E-state index contributed by atoms with van der Waals surface area (Å²) in [5, 5.41) is 40.6. The van der Waals surface area contributed by atoms with Crippen molar-refractivity contribution < 1.29 is 63.2 Å². The number of rotatable bonds is 11. The van der Waals surface area contributed by atoms with Crippen molar-refractivity contribution in [2.45, 2.75) is 63.6 Å². The van der Waals surface area contributed by atoms with Crippen molar-refractivity contribution in [3.8, 4) is 5.69 Å². The SMILES string of the molecule is CCC(O)C(Cc1cccc(F)c1)C(C)(O)C(C(N)=O)(C(=O)[O-])c1c(C(C)C)cnn1-c1ccc(F)cc1.[Na+]. The van der Waals surface area contributed by atoms with Crippen molar-refractivity contribution in [2.75, 3.05) is 0 Å². The zero-order chi connectivity index (χ0) is 28.4. The molecule has 0 bridgehead atoms. The maximum Gasteiger partial charge on any atom is 1.00 e. The van der Waals surface area contributed by atoms with E-state index in [4.69, 9.17) is 5.73 Å². The Morgan fingerprint density at radius 1 is 1.13 bits per heavy atom. The monoisotopic (exact) mass is 551 g/mol. The molecule has 0 spiro atoms. The first-order chi connectivity index (χ1) is 17.8. The van der Waals surface area contributed by atoms with Gasteiger partial charge in [-0.05, 0) is 73.2 Å². The van der Waals surface area contributed by atoms with Gasteiger partial charge >= 0.3 is 29.6 Å². The fraction of sp³-hybridized carbons (Fsp3) is 0.393. The molecule has 39 heavy (non-hydrogen) atoms. The van der Waals surface area contributed by atoms with Crippen LogP contribution in [0.5, 0.6) is 0 Å². The predicted octanol–water partition coefficient (Wildman–Crippen LogP) is -0.868. The van der Waals surface area contributed by atoms with Gasteiger partial charge in [-0.1, -0.05) is 32.9 Å². The minimum atomic E-state index is -2.94. The molecular weight excluding hydrogens is 519 g/mol. The zero-order valence-corrected chi connectivity index (χ0v) is 24.7. The van der Waals surface area contributed by atoms with Gasteiger partial charge in [0.05, 0.1) is 35.3 Å². The number of nitrogens with two attached hydrogens (primary N) is 1. The largest absolute Gasteiger partial charge is 1.00 e. The average molecular weight is 552 g/mol. The van der Waals surface area contributed by atoms with Crippen LogP contribution in [0.2, 0.25) is 0 Å². The first kappa shape index (κ1) is 32.6. The molecule has 1 heterocycles. The summed E-state index contributed by atoms with van der Waals surface area (Å²) in [6, 6.07) is 10.3. The van der Waals surface area contributed by atoms with Crippen LogP contribution in [0.15, 0.2) is 54.7 Å². The first-order valence-corrected chi connectivity index (χ1v) is 12.3. The smallest absolute Gasteiger partial charge is 0.548 e. The number of hydrogen-bond acceptors (Lipinski definition) is 6. The van der Waals surface area contributed by atoms with Gasteiger partial charge in [0, 0.05) is 5.92 Å². The summed E-state index contributed by atoms with van der Waals surface area (Å²) in [6.45, 7) is 6.18. The van der Waals surface area contributed by atoms with Crippen LogP contribution in [0.4, 0.5) is 8.78 Å². The number of primary amides is 1. The van der Waals surface area contributed by atoms with Crippen molar-refractivity contribution in [3.05, 3.63) is 83.2 Å². The summed E-state index contributed by atoms with van der Waals surface area (Å²) in [5.41, 5.74) is 0.860. The molecule has 0 saturated carbocycles. The van der Waals surface area contributed by atoms with Crippen LogP contribution in [0.1, 0.15) is 56.9 Å². The van der Waals surface area contributed by atoms with E-state index in [1.807, 2.05) is 0 Å². The van der Waals surface area contributed by atoms with Crippen LogP contribution >= 0.6 is 0 Å². The summed E-state index contributed by atoms with van der Waals surface area (Å²) >= 11 is 0. The molecule has 1 amide bonds. The standard InChI is InChI=1S/C28H33F2N3O5.Na/c1-5-23(34)22(14-17-7-6-8-19(30)13-17)27(4,38)28(25(31)35,26(36)37)24-21(16(2)3)15-32-33(24)20-11-9-18(29)10-12-20;/h6-13,15-16,22-23,34,38H,5,14H2,1-4H3,(H2,31,35)(H,36,37);/q;+1/p-1. The second-order valence-electron chi connectivity index (χ2n) is 9.96. The Balaban J connectivity index is 0.00000533. The third-order valence-corrected chi connectivity index (χ3v) is 7.23. The van der Waals surface area contributed by atoms with E-state index in [0.29, 0.717) is 5.56 Å². The summed E-state index contributed by atoms with van der Waals surface area (Å²) in [5.74, 6) is -6.29. The van der Waals surface area contributed by atoms with Gasteiger partial charge in [-0.2, -0.15) is 5.10 Å². The quantitative estimate of drug-likeness (QED) is 0.209. The van der Waals surface area contributed by atoms with Gasteiger partial charge in [0.2, 0.25) is 5.91 Å². The molecule has 1 aromatic heterocycles. The molecule has 8 nitrogen and oxygen atoms in total. The molecule has 2 aromatic carbocycles. The Bertz CT molecular complexity index is 1300. The van der Waals surface area contributed by atoms with E-state index in [-0.39, 0.29) is 59.3 Å². The number of aliphatic hydroxyl groups is 2. The molecule has 0 radical (unpaired) electrons. The number of aromatic nitrogens is 2. The molecule has 4 N–H and O–H groups in total. The molecule has 4 atom stereocenters. The molecule has 0 aliphatic carbocycles. The average Bonchev–Trinajstić information content (AvgIpc) is 3.27. The van der Waals surface area contributed by atoms with Crippen LogP contribution in [0.25, 0.3) is 5.69 Å². The van der Waals surface area contributed by atoms with Crippen molar-refractivity contribution in [3.63, 3.8) is 0 Å². The number of halogens is 2. The number of benzene rings is 2. The summed E-state index contributed by atoms with van der Waals surface area (Å²) in [6.07, 6.45) is -0.0930. The van der Waals surface area contributed by atoms with Gasteiger partial charge in [-0.3, -0.25) is 4.79 Å². The molecule has 204 valence electrons. The summed E-state index contributed by atoms with van der Waals surface area (Å²) < 4.78 is 28.8. The number of nitrogens with zero attached hydrogens (tertiary/aromatic N) is 2. The Morgan fingerprint density at radius 2 is 1.74 bits per heavy atom. The van der Waals surface area contributed by atoms with E-state index in [9.17, 15) is 33.7 Å². The van der Waals surface area contributed by atoms with E-state index in [1.165, 1.54) is 36.5 Å². The van der Waals surface area contributed by atoms with Gasteiger partial charge in [-0.15, -0.1) is 0 Å². The molecule has 3 aromatic rings. The molecule has 4 unspecified atom stereocenters. The fourth-order valence-corrected chi connectivity index (χ4v) is 5.14. The number of carboxylic acids is 1. The van der Waals surface area contributed by atoms with Gasteiger partial charge in [0.25, 0.3) is 0 Å². The second-order valence-corrected chi connectivity index (χ2v) is 9.96. The van der Waals surface area contributed by atoms with E-state index in [0.717, 1.165) is 23.7 Å². The maximum atomic E-state index is 14.0. The molecule has 0 aliphatic heterocycles. The third kappa shape index (κ3) is 5.95. The molecule has 3 rings (SSSR count). The van der Waals surface area contributed by atoms with Crippen LogP contribution < -0.4 is 40.4 Å². The first-order valence-electron chi connectivity index (χ1n) is 12.3. The van der Waals surface area contributed by atoms with E-state index >= 15 is 0 Å². The zero-order valence-electron chi connectivity index (χ0n) is 22.7. The number of aliphatic hydroxyl groups excluding tert-OH is 1. The topological polar surface area (TPSA) is 142 Å². The van der Waals surface area contributed by atoms with E-state index < -0.39 is 52.5 Å². The molecule has 0 aliphatic rings. The fourth-order valence-electron chi connectivity index (χ4n) is 5.14. The normalized spacial score (nSPS) is 16.0. The Morgan fingerprint density at radius 3 is 2.23 bits per heavy atom. The number of hydrogen-bond donors (Lipinski definition) is 3. The Labute approximate surface area is 248 Å². The number of carboxylic acid groups (broad SMARTS) is 1. The number of aliphatic carboxylic acids is 1. The summed E-state index contributed by atoms with van der Waals surface area (Å²) in [7, 11) is 0. The van der Waals surface area contributed by atoms with E-state index in [1.54, 1.807) is 26.8 Å². The minimum Gasteiger partial charge on any atom is -0.548 e. The molecule has 11 heteroatoms. The van der Waals surface area contributed by atoms with Gasteiger partial charge < -0.3 is 25.8 Å². The van der Waals surface area contributed by atoms with Gasteiger partial charge in [0.15, 0.2) is 5.41 Å². The van der Waals surface area contributed by atoms with Crippen LogP contribution in [-0.4, -0.2) is 43.6 Å². The van der Waals surface area contributed by atoms with Crippen molar-refractivity contribution in [1.29, 1.82) is 0 Å². The van der Waals surface area contributed by atoms with E-state index in [2.05, 4.69) is 5.10 Å². The number of amides is 1. The maximum absolute atomic E-state index is 14.0. The molecular formula is C28H32F2N3NaO5. The van der Waals surface area contributed by atoms with Crippen molar-refractivity contribution in [1.82, 2.24) is 9.78 Å². The number of carbonyl (C=O) groups excluding carboxylic acids is 2. The second kappa shape index (κ2) is 12.7. The molecule has 0 saturated heterocycles. The van der Waals surface area contributed by atoms with Crippen LogP contribution in [-0.2, 0) is 21.4 Å². The predicted molar refractivity (Wildman–Crippen MR) is 134 cm³/mol. The summed E-state index contributed by atoms with van der Waals surface area (Å²) in [4.78, 5) is 26.5. The Hall–Kier alpha value is -2.63. The van der Waals surface area contributed by atoms with Crippen LogP contribution in [0, 0.1) is 17.6 Å². The molecule has 0 fully saturated rings. The van der Waals surface area contributed by atoms with Crippen molar-refractivity contribution >= 4 is 11.9 Å². The van der Waals surface area contributed by atoms with Crippen molar-refractivity contribution in [2.24, 2.45) is 11.7 Å². The van der Waals surface area contributed by atoms with Gasteiger partial charge in [0.1, 0.15) is 11.6 Å². The Kier molecular flexibility index (Phi) is 10.6. The number of carbonyl (C=O) groups is 2. The minimum absolute atomic E-state index is 0. The third-order valence-electron chi connectivity index (χ3n) is 7.23.